The lowest BCUT2D eigenvalue weighted by Gasteiger charge is -2.33. The van der Waals surface area contributed by atoms with E-state index in [1.807, 2.05) is 12.1 Å². The molecule has 1 aromatic rings. The first-order valence-corrected chi connectivity index (χ1v) is 6.26. The molecule has 92 valence electrons. The van der Waals surface area contributed by atoms with E-state index in [1.54, 1.807) is 6.20 Å². The zero-order valence-electron chi connectivity index (χ0n) is 10.3. The average Bonchev–Trinajstić information content (AvgIpc) is 2.28. The molecule has 3 N–H and O–H groups in total. The van der Waals surface area contributed by atoms with Crippen LogP contribution in [0.4, 0.5) is 5.82 Å². The number of aromatic nitrogens is 1. The molecule has 0 aromatic carbocycles. The van der Waals surface area contributed by atoms with Crippen LogP contribution in [-0.2, 0) is 0 Å². The second kappa shape index (κ2) is 5.17. The Bertz CT molecular complexity index is 398. The molecule has 0 spiro atoms. The van der Waals surface area contributed by atoms with Crippen LogP contribution in [0.1, 0.15) is 31.7 Å². The van der Waals surface area contributed by atoms with E-state index in [-0.39, 0.29) is 5.84 Å². The van der Waals surface area contributed by atoms with Gasteiger partial charge in [0.1, 0.15) is 11.7 Å². The number of anilines is 1. The van der Waals surface area contributed by atoms with Crippen molar-refractivity contribution in [3.05, 3.63) is 23.9 Å². The Balaban J connectivity index is 2.19. The summed E-state index contributed by atoms with van der Waals surface area (Å²) >= 11 is 0. The van der Waals surface area contributed by atoms with Crippen LogP contribution in [0.25, 0.3) is 0 Å². The van der Waals surface area contributed by atoms with Crippen LogP contribution in [-0.4, -0.2) is 23.9 Å². The van der Waals surface area contributed by atoms with Crippen molar-refractivity contribution in [2.45, 2.75) is 26.2 Å². The van der Waals surface area contributed by atoms with E-state index in [9.17, 15) is 0 Å². The lowest BCUT2D eigenvalue weighted by molar-refractivity contribution is 0.318. The number of nitrogen functional groups attached to an aromatic ring is 1. The van der Waals surface area contributed by atoms with Gasteiger partial charge in [-0.3, -0.25) is 5.41 Å². The van der Waals surface area contributed by atoms with Crippen molar-refractivity contribution in [1.82, 2.24) is 4.98 Å². The van der Waals surface area contributed by atoms with Gasteiger partial charge in [0.05, 0.1) is 5.56 Å². The molecule has 17 heavy (non-hydrogen) atoms. The van der Waals surface area contributed by atoms with Gasteiger partial charge < -0.3 is 10.6 Å². The predicted molar refractivity (Wildman–Crippen MR) is 70.5 cm³/mol. The quantitative estimate of drug-likeness (QED) is 0.602. The topological polar surface area (TPSA) is 66.0 Å². The van der Waals surface area contributed by atoms with E-state index in [0.717, 1.165) is 30.4 Å². The monoisotopic (exact) mass is 232 g/mol. The van der Waals surface area contributed by atoms with Gasteiger partial charge in [-0.25, -0.2) is 4.98 Å². The maximum Gasteiger partial charge on any atom is 0.139 e. The SMILES string of the molecule is CCN(CC1CCC1)c1ncccc1C(=N)N. The van der Waals surface area contributed by atoms with Gasteiger partial charge >= 0.3 is 0 Å². The first-order valence-electron chi connectivity index (χ1n) is 6.26. The summed E-state index contributed by atoms with van der Waals surface area (Å²) in [6.07, 6.45) is 5.76. The van der Waals surface area contributed by atoms with E-state index in [0.29, 0.717) is 0 Å². The van der Waals surface area contributed by atoms with Crippen molar-refractivity contribution in [3.8, 4) is 0 Å². The molecule has 4 heteroatoms. The van der Waals surface area contributed by atoms with E-state index in [1.165, 1.54) is 19.3 Å². The van der Waals surface area contributed by atoms with Crippen molar-refractivity contribution in [3.63, 3.8) is 0 Å². The molecule has 1 aliphatic rings. The number of nitrogens with zero attached hydrogens (tertiary/aromatic N) is 2. The fourth-order valence-corrected chi connectivity index (χ4v) is 2.21. The molecule has 0 aliphatic heterocycles. The molecule has 0 unspecified atom stereocenters. The normalized spacial score (nSPS) is 15.4. The van der Waals surface area contributed by atoms with Gasteiger partial charge in [-0.1, -0.05) is 6.42 Å². The zero-order valence-corrected chi connectivity index (χ0v) is 10.3. The van der Waals surface area contributed by atoms with Crippen molar-refractivity contribution >= 4 is 11.7 Å². The van der Waals surface area contributed by atoms with Crippen molar-refractivity contribution in [1.29, 1.82) is 5.41 Å². The lowest BCUT2D eigenvalue weighted by Crippen LogP contribution is -2.34. The van der Waals surface area contributed by atoms with Gasteiger partial charge in [-0.05, 0) is 37.8 Å². The maximum atomic E-state index is 7.60. The van der Waals surface area contributed by atoms with E-state index in [4.69, 9.17) is 11.1 Å². The van der Waals surface area contributed by atoms with Gasteiger partial charge in [0.2, 0.25) is 0 Å². The molecule has 0 saturated heterocycles. The van der Waals surface area contributed by atoms with Crippen LogP contribution in [0.15, 0.2) is 18.3 Å². The molecule has 0 amide bonds. The number of pyridine rings is 1. The number of nitrogens with two attached hydrogens (primary N) is 1. The molecule has 0 radical (unpaired) electrons. The maximum absolute atomic E-state index is 7.60. The molecule has 0 atom stereocenters. The largest absolute Gasteiger partial charge is 0.384 e. The van der Waals surface area contributed by atoms with E-state index in [2.05, 4.69) is 16.8 Å². The summed E-state index contributed by atoms with van der Waals surface area (Å²) in [6, 6.07) is 3.70. The number of rotatable bonds is 5. The first-order chi connectivity index (χ1) is 8.22. The minimum atomic E-state index is 0.0974. The van der Waals surface area contributed by atoms with Crippen molar-refractivity contribution in [2.24, 2.45) is 11.7 Å². The van der Waals surface area contributed by atoms with Gasteiger partial charge in [0, 0.05) is 19.3 Å². The predicted octanol–water partition coefficient (Wildman–Crippen LogP) is 1.99. The highest BCUT2D eigenvalue weighted by Gasteiger charge is 2.22. The summed E-state index contributed by atoms with van der Waals surface area (Å²) in [6.45, 7) is 4.07. The number of amidine groups is 1. The molecule has 1 saturated carbocycles. The fraction of sp³-hybridized carbons (Fsp3) is 0.538. The highest BCUT2D eigenvalue weighted by molar-refractivity contribution is 5.99. The Morgan fingerprint density at radius 2 is 2.35 bits per heavy atom. The van der Waals surface area contributed by atoms with Gasteiger partial charge in [-0.2, -0.15) is 0 Å². The Morgan fingerprint density at radius 1 is 1.59 bits per heavy atom. The third kappa shape index (κ3) is 2.57. The standard InChI is InChI=1S/C13H20N4/c1-2-17(9-10-5-3-6-10)13-11(12(14)15)7-4-8-16-13/h4,7-8,10H,2-3,5-6,9H2,1H3,(H3,14,15). The average molecular weight is 232 g/mol. The first kappa shape index (κ1) is 11.9. The summed E-state index contributed by atoms with van der Waals surface area (Å²) in [5.74, 6) is 1.74. The molecule has 1 aromatic heterocycles. The Morgan fingerprint density at radius 3 is 2.88 bits per heavy atom. The number of hydrogen-bond donors (Lipinski definition) is 2. The Kier molecular flexibility index (Phi) is 3.61. The molecular formula is C13H20N4. The summed E-state index contributed by atoms with van der Waals surface area (Å²) < 4.78 is 0. The highest BCUT2D eigenvalue weighted by atomic mass is 15.2. The highest BCUT2D eigenvalue weighted by Crippen LogP contribution is 2.29. The molecule has 1 aliphatic carbocycles. The summed E-state index contributed by atoms with van der Waals surface area (Å²) in [7, 11) is 0. The van der Waals surface area contributed by atoms with Crippen LogP contribution in [0, 0.1) is 11.3 Å². The summed E-state index contributed by atoms with van der Waals surface area (Å²) in [5, 5.41) is 7.60. The molecule has 1 fully saturated rings. The van der Waals surface area contributed by atoms with Gasteiger partial charge in [-0.15, -0.1) is 0 Å². The van der Waals surface area contributed by atoms with Crippen LogP contribution in [0.3, 0.4) is 0 Å². The molecule has 0 bridgehead atoms. The molecule has 2 rings (SSSR count). The zero-order chi connectivity index (χ0) is 12.3. The molecule has 1 heterocycles. The summed E-state index contributed by atoms with van der Waals surface area (Å²) in [4.78, 5) is 6.62. The lowest BCUT2D eigenvalue weighted by atomic mass is 9.85. The fourth-order valence-electron chi connectivity index (χ4n) is 2.21. The van der Waals surface area contributed by atoms with Crippen LogP contribution >= 0.6 is 0 Å². The van der Waals surface area contributed by atoms with Gasteiger partial charge in [0.25, 0.3) is 0 Å². The molecular weight excluding hydrogens is 212 g/mol. The minimum absolute atomic E-state index is 0.0974. The smallest absolute Gasteiger partial charge is 0.139 e. The second-order valence-corrected chi connectivity index (χ2v) is 4.62. The third-order valence-corrected chi connectivity index (χ3v) is 3.46. The summed E-state index contributed by atoms with van der Waals surface area (Å²) in [5.41, 5.74) is 6.35. The Labute approximate surface area is 102 Å². The van der Waals surface area contributed by atoms with Crippen LogP contribution in [0.2, 0.25) is 0 Å². The van der Waals surface area contributed by atoms with Crippen LogP contribution in [0.5, 0.6) is 0 Å². The van der Waals surface area contributed by atoms with Gasteiger partial charge in [0.15, 0.2) is 0 Å². The number of hydrogen-bond acceptors (Lipinski definition) is 3. The number of nitrogens with one attached hydrogen (secondary N) is 1. The Hall–Kier alpha value is -1.58. The van der Waals surface area contributed by atoms with E-state index < -0.39 is 0 Å². The van der Waals surface area contributed by atoms with Crippen molar-refractivity contribution in [2.75, 3.05) is 18.0 Å². The van der Waals surface area contributed by atoms with Crippen molar-refractivity contribution < 1.29 is 0 Å². The molecule has 4 nitrogen and oxygen atoms in total. The third-order valence-electron chi connectivity index (χ3n) is 3.46. The van der Waals surface area contributed by atoms with Crippen LogP contribution < -0.4 is 10.6 Å². The van der Waals surface area contributed by atoms with E-state index >= 15 is 0 Å². The second-order valence-electron chi connectivity index (χ2n) is 4.62. The minimum Gasteiger partial charge on any atom is -0.384 e.